The molecule has 238 valence electrons. The number of nitrogens with zero attached hydrogens (tertiary/aromatic N) is 1. The topological polar surface area (TPSA) is 214 Å². The molecule has 1 aliphatic heterocycles. The van der Waals surface area contributed by atoms with Crippen molar-refractivity contribution in [3.05, 3.63) is 60.2 Å². The number of anilines is 1. The minimum Gasteiger partial charge on any atom is -0.481 e. The largest absolute Gasteiger partial charge is 0.481 e. The third-order valence-corrected chi connectivity index (χ3v) is 7.29. The second-order valence-corrected chi connectivity index (χ2v) is 10.7. The summed E-state index contributed by atoms with van der Waals surface area (Å²) in [5.41, 5.74) is 3.00. The minimum absolute atomic E-state index is 0.282. The van der Waals surface area contributed by atoms with Gasteiger partial charge in [-0.25, -0.2) is 5.21 Å². The molecule has 0 aliphatic carbocycles. The molecule has 1 saturated heterocycles. The molecule has 1 heterocycles. The summed E-state index contributed by atoms with van der Waals surface area (Å²) in [6.45, 7) is 3.21. The Bertz CT molecular complexity index is 1290. The Balaban J connectivity index is 1.64. The van der Waals surface area contributed by atoms with Crippen molar-refractivity contribution >= 4 is 41.0 Å². The zero-order chi connectivity index (χ0) is 32.2. The Morgan fingerprint density at radius 2 is 1.61 bits per heavy atom. The molecular formula is C30H41N6O8+. The standard InChI is InChI=1S/C30H40N6O8/c1-18(31-25(37)14-15-26(38)39)27(40)32-19(2)30(43)36-16-6-9-24(36)29(42)34-23(17-20-7-4-3-5-8-20)28(41)33-21-10-12-22(35-44)13-11-21/h3-5,7-8,10-13,18-19,23-24,28,33,35,41,44H,6,9,14-17H2,1-2H3,(H,31,37)(H,32,40)(H,34,42)(H,38,39)/p+1/t18?,19?,23?,24-,28?/m0/s1. The van der Waals surface area contributed by atoms with Gasteiger partial charge in [0, 0.05) is 30.8 Å². The Labute approximate surface area is 255 Å². The third-order valence-electron chi connectivity index (χ3n) is 7.29. The van der Waals surface area contributed by atoms with Gasteiger partial charge in [-0.05, 0) is 50.8 Å². The predicted molar refractivity (Wildman–Crippen MR) is 158 cm³/mol. The van der Waals surface area contributed by atoms with Crippen molar-refractivity contribution in [2.75, 3.05) is 11.9 Å². The fourth-order valence-electron chi connectivity index (χ4n) is 4.88. The Kier molecular flexibility index (Phi) is 12.6. The van der Waals surface area contributed by atoms with Crippen LogP contribution >= 0.6 is 0 Å². The van der Waals surface area contributed by atoms with Crippen molar-refractivity contribution in [1.29, 1.82) is 0 Å². The van der Waals surface area contributed by atoms with Crippen molar-refractivity contribution in [3.63, 3.8) is 0 Å². The number of quaternary nitrogens is 1. The van der Waals surface area contributed by atoms with E-state index in [9.17, 15) is 29.1 Å². The van der Waals surface area contributed by atoms with E-state index < -0.39 is 60.0 Å². The first-order valence-corrected chi connectivity index (χ1v) is 14.5. The highest BCUT2D eigenvalue weighted by molar-refractivity contribution is 5.94. The van der Waals surface area contributed by atoms with Gasteiger partial charge in [-0.1, -0.05) is 30.3 Å². The second kappa shape index (κ2) is 16.4. The predicted octanol–water partition coefficient (Wildman–Crippen LogP) is -0.406. The van der Waals surface area contributed by atoms with Crippen molar-refractivity contribution in [2.24, 2.45) is 0 Å². The summed E-state index contributed by atoms with van der Waals surface area (Å²) in [6.07, 6.45) is -0.584. The fraction of sp³-hybridized carbons (Fsp3) is 0.433. The van der Waals surface area contributed by atoms with Gasteiger partial charge in [0.2, 0.25) is 23.6 Å². The Morgan fingerprint density at radius 1 is 0.932 bits per heavy atom. The molecule has 0 bridgehead atoms. The molecule has 2 aromatic carbocycles. The van der Waals surface area contributed by atoms with Gasteiger partial charge in [0.25, 0.3) is 0 Å². The normalized spacial score (nSPS) is 17.1. The summed E-state index contributed by atoms with van der Waals surface area (Å²) in [4.78, 5) is 63.4. The van der Waals surface area contributed by atoms with Crippen LogP contribution in [0.1, 0.15) is 45.1 Å². The lowest BCUT2D eigenvalue weighted by atomic mass is 10.0. The first-order chi connectivity index (χ1) is 21.0. The number of carboxylic acid groups (broad SMARTS) is 1. The highest BCUT2D eigenvalue weighted by atomic mass is 16.5. The number of nitrogens with one attached hydrogen (secondary N) is 4. The molecular weight excluding hydrogens is 572 g/mol. The Hall–Kier alpha value is -4.53. The van der Waals surface area contributed by atoms with Crippen molar-refractivity contribution < 1.29 is 44.9 Å². The van der Waals surface area contributed by atoms with E-state index in [0.29, 0.717) is 37.2 Å². The first kappa shape index (κ1) is 34.0. The lowest BCUT2D eigenvalue weighted by molar-refractivity contribution is -0.825. The number of aliphatic carboxylic acids is 1. The van der Waals surface area contributed by atoms with E-state index in [4.69, 9.17) is 10.3 Å². The van der Waals surface area contributed by atoms with E-state index in [1.807, 2.05) is 30.3 Å². The SMILES string of the molecule is CC(NC(=O)CCC(=O)O)C(=O)NC(C)C(=O)N1CCC[C@H]1C(=O)NC(Cc1ccccc1)C(O)Nc1ccc([NH2+]O)cc1. The molecule has 1 fully saturated rings. The molecule has 1 aliphatic rings. The molecule has 14 heteroatoms. The van der Waals surface area contributed by atoms with Crippen LogP contribution in [0.4, 0.5) is 11.4 Å². The molecule has 14 nitrogen and oxygen atoms in total. The molecule has 2 aromatic rings. The lowest BCUT2D eigenvalue weighted by Crippen LogP contribution is -2.73. The monoisotopic (exact) mass is 613 g/mol. The second-order valence-electron chi connectivity index (χ2n) is 10.7. The first-order valence-electron chi connectivity index (χ1n) is 14.5. The number of aliphatic hydroxyl groups excluding tert-OH is 1. The fourth-order valence-corrected chi connectivity index (χ4v) is 4.88. The molecule has 4 amide bonds. The highest BCUT2D eigenvalue weighted by Crippen LogP contribution is 2.20. The number of nitrogens with two attached hydrogens (primary N) is 1. The van der Waals surface area contributed by atoms with Crippen molar-refractivity contribution in [1.82, 2.24) is 20.9 Å². The van der Waals surface area contributed by atoms with Gasteiger partial charge in [-0.2, -0.15) is 5.48 Å². The number of rotatable bonds is 15. The number of benzene rings is 2. The lowest BCUT2D eigenvalue weighted by Gasteiger charge is -2.31. The highest BCUT2D eigenvalue weighted by Gasteiger charge is 2.38. The maximum atomic E-state index is 13.5. The quantitative estimate of drug-likeness (QED) is 0.0744. The van der Waals surface area contributed by atoms with E-state index in [1.165, 1.54) is 18.7 Å². The van der Waals surface area contributed by atoms with Gasteiger partial charge in [0.1, 0.15) is 24.4 Å². The van der Waals surface area contributed by atoms with Gasteiger partial charge < -0.3 is 36.4 Å². The van der Waals surface area contributed by atoms with Crippen LogP contribution in [-0.2, 0) is 30.4 Å². The number of carbonyl (C=O) groups excluding carboxylic acids is 4. The van der Waals surface area contributed by atoms with Crippen LogP contribution in [0.2, 0.25) is 0 Å². The van der Waals surface area contributed by atoms with E-state index >= 15 is 0 Å². The molecule has 0 aromatic heterocycles. The Morgan fingerprint density at radius 3 is 2.25 bits per heavy atom. The average Bonchev–Trinajstić information content (AvgIpc) is 3.50. The number of amides is 4. The van der Waals surface area contributed by atoms with Crippen LogP contribution in [0.5, 0.6) is 0 Å². The van der Waals surface area contributed by atoms with Gasteiger partial charge in [0.15, 0.2) is 5.69 Å². The van der Waals surface area contributed by atoms with Crippen LogP contribution in [-0.4, -0.2) is 86.9 Å². The average molecular weight is 614 g/mol. The number of carbonyl (C=O) groups is 5. The van der Waals surface area contributed by atoms with Gasteiger partial charge in [0.05, 0.1) is 12.5 Å². The van der Waals surface area contributed by atoms with Gasteiger partial charge in [-0.3, -0.25) is 24.0 Å². The number of likely N-dealkylation sites (tertiary alicyclic amines) is 1. The number of carboxylic acids is 1. The van der Waals surface area contributed by atoms with Gasteiger partial charge >= 0.3 is 5.97 Å². The van der Waals surface area contributed by atoms with E-state index in [1.54, 1.807) is 24.3 Å². The zero-order valence-corrected chi connectivity index (χ0v) is 24.7. The number of hydrogen-bond acceptors (Lipinski definition) is 8. The third kappa shape index (κ3) is 10.0. The van der Waals surface area contributed by atoms with Crippen LogP contribution in [0.3, 0.4) is 0 Å². The van der Waals surface area contributed by atoms with Crippen LogP contribution in [0.15, 0.2) is 54.6 Å². The molecule has 4 unspecified atom stereocenters. The molecule has 5 atom stereocenters. The van der Waals surface area contributed by atoms with E-state index in [0.717, 1.165) is 11.0 Å². The van der Waals surface area contributed by atoms with E-state index in [-0.39, 0.29) is 12.8 Å². The van der Waals surface area contributed by atoms with Gasteiger partial charge in [-0.15, -0.1) is 0 Å². The molecule has 3 rings (SSSR count). The van der Waals surface area contributed by atoms with Crippen molar-refractivity contribution in [2.45, 2.75) is 76.3 Å². The van der Waals surface area contributed by atoms with Crippen LogP contribution in [0, 0.1) is 0 Å². The minimum atomic E-state index is -1.20. The molecule has 0 radical (unpaired) electrons. The summed E-state index contributed by atoms with van der Waals surface area (Å²) >= 11 is 0. The van der Waals surface area contributed by atoms with Crippen LogP contribution < -0.4 is 26.7 Å². The zero-order valence-electron chi connectivity index (χ0n) is 24.7. The summed E-state index contributed by atoms with van der Waals surface area (Å²) in [6, 6.07) is 12.4. The summed E-state index contributed by atoms with van der Waals surface area (Å²) in [7, 11) is 0. The molecule has 0 saturated carbocycles. The number of aliphatic hydroxyl groups is 1. The summed E-state index contributed by atoms with van der Waals surface area (Å²) < 4.78 is 0. The summed E-state index contributed by atoms with van der Waals surface area (Å²) in [5.74, 6) is -3.28. The maximum Gasteiger partial charge on any atom is 0.303 e. The molecule has 0 spiro atoms. The van der Waals surface area contributed by atoms with E-state index in [2.05, 4.69) is 21.3 Å². The molecule has 9 N–H and O–H groups in total. The summed E-state index contributed by atoms with van der Waals surface area (Å²) in [5, 5.41) is 39.8. The maximum absolute atomic E-state index is 13.5. The number of hydrogen-bond donors (Lipinski definition) is 8. The molecule has 44 heavy (non-hydrogen) atoms. The smallest absolute Gasteiger partial charge is 0.303 e. The van der Waals surface area contributed by atoms with Crippen LogP contribution in [0.25, 0.3) is 0 Å². The van der Waals surface area contributed by atoms with Crippen molar-refractivity contribution in [3.8, 4) is 0 Å².